The lowest BCUT2D eigenvalue weighted by Gasteiger charge is -2.13. The molecule has 1 aromatic heterocycles. The number of pyridine rings is 1. The van der Waals surface area contributed by atoms with Crippen LogP contribution in [-0.2, 0) is 4.79 Å². The Morgan fingerprint density at radius 1 is 1.52 bits per heavy atom. The van der Waals surface area contributed by atoms with Gasteiger partial charge in [-0.05, 0) is 25.5 Å². The van der Waals surface area contributed by atoms with Gasteiger partial charge in [-0.15, -0.1) is 0 Å². The highest BCUT2D eigenvalue weighted by Gasteiger charge is 2.20. The van der Waals surface area contributed by atoms with Crippen molar-refractivity contribution in [2.75, 3.05) is 11.9 Å². The molecule has 0 atom stereocenters. The van der Waals surface area contributed by atoms with Crippen molar-refractivity contribution in [1.82, 2.24) is 4.98 Å². The highest BCUT2D eigenvalue weighted by molar-refractivity contribution is 6.05. The van der Waals surface area contributed by atoms with Gasteiger partial charge in [0.15, 0.2) is 5.78 Å². The number of nitrogens with one attached hydrogen (secondary N) is 1. The summed E-state index contributed by atoms with van der Waals surface area (Å²) in [6, 6.07) is 3.40. The minimum atomic E-state index is -2.81. The number of Topliss-reactive ketones (excluding diaryl/α,β-unsaturated/α-hetero) is 1. The summed E-state index contributed by atoms with van der Waals surface area (Å²) in [5, 5.41) is 2.60. The Morgan fingerprint density at radius 2 is 2.17 bits per heavy atom. The van der Waals surface area contributed by atoms with Crippen LogP contribution in [0.3, 0.4) is 0 Å². The lowest BCUT2D eigenvalue weighted by Crippen LogP contribution is -2.23. The monoisotopic (exact) mass is 327 g/mol. The van der Waals surface area contributed by atoms with Crippen molar-refractivity contribution in [2.24, 2.45) is 4.99 Å². The summed E-state index contributed by atoms with van der Waals surface area (Å²) in [5.74, 6) is -2.58. The fourth-order valence-electron chi connectivity index (χ4n) is 1.79. The number of anilines is 1. The summed E-state index contributed by atoms with van der Waals surface area (Å²) in [6.45, 7) is 5.47. The number of aliphatic imine (C=N–C) groups is 1. The molecule has 0 unspecified atom stereocenters. The van der Waals surface area contributed by atoms with Crippen LogP contribution >= 0.6 is 0 Å². The number of alkyl halides is 2. The lowest BCUT2D eigenvalue weighted by atomic mass is 10.1. The van der Waals surface area contributed by atoms with E-state index in [2.05, 4.69) is 15.3 Å². The van der Waals surface area contributed by atoms with E-state index in [9.17, 15) is 13.6 Å². The maximum atomic E-state index is 12.9. The molecule has 0 amide bonds. The normalized spacial score (nSPS) is 12.6. The Kier molecular flexibility index (Phi) is 8.29. The van der Waals surface area contributed by atoms with Gasteiger partial charge in [0.2, 0.25) is 0 Å². The predicted octanol–water partition coefficient (Wildman–Crippen LogP) is 4.72. The summed E-state index contributed by atoms with van der Waals surface area (Å²) < 4.78 is 25.8. The molecule has 0 radical (unpaired) electrons. The number of nitrogens with zero attached hydrogens (tertiary/aromatic N) is 2. The molecule has 0 bridgehead atoms. The molecule has 0 aliphatic carbocycles. The zero-order valence-corrected chi connectivity index (χ0v) is 13.3. The van der Waals surface area contributed by atoms with Crippen molar-refractivity contribution in [3.8, 4) is 0 Å². The Bertz CT molecular complexity index is 596. The number of aromatic nitrogens is 1. The summed E-state index contributed by atoms with van der Waals surface area (Å²) >= 11 is 0. The van der Waals surface area contributed by atoms with Crippen LogP contribution in [0.2, 0.25) is 0 Å². The minimum Gasteiger partial charge on any atom is -0.364 e. The SMILES string of the molecule is C.C/C=C(\N=C(CC)c1ccnc(NCC(C)(F)F)c1)C(C)=O.[HH]. The minimum absolute atomic E-state index is 0. The van der Waals surface area contributed by atoms with E-state index >= 15 is 0 Å². The predicted molar refractivity (Wildman–Crippen MR) is 93.5 cm³/mol. The second kappa shape index (κ2) is 9.12. The van der Waals surface area contributed by atoms with Crippen LogP contribution in [0.1, 0.15) is 48.5 Å². The molecule has 0 saturated heterocycles. The Hall–Kier alpha value is -2.11. The van der Waals surface area contributed by atoms with Gasteiger partial charge in [0.1, 0.15) is 11.5 Å². The zero-order valence-electron chi connectivity index (χ0n) is 13.3. The van der Waals surface area contributed by atoms with Gasteiger partial charge in [0.05, 0.1) is 6.54 Å². The Labute approximate surface area is 138 Å². The highest BCUT2D eigenvalue weighted by atomic mass is 19.3. The Balaban J connectivity index is 0. The van der Waals surface area contributed by atoms with Crippen molar-refractivity contribution in [3.05, 3.63) is 35.7 Å². The van der Waals surface area contributed by atoms with E-state index in [4.69, 9.17) is 0 Å². The quantitative estimate of drug-likeness (QED) is 0.582. The molecule has 1 rings (SSSR count). The topological polar surface area (TPSA) is 54.4 Å². The van der Waals surface area contributed by atoms with Crippen molar-refractivity contribution in [2.45, 2.75) is 47.5 Å². The number of ketones is 1. The third-order valence-electron chi connectivity index (χ3n) is 2.90. The zero-order chi connectivity index (χ0) is 16.8. The largest absolute Gasteiger partial charge is 0.364 e. The number of hydrogen-bond acceptors (Lipinski definition) is 4. The number of halogens is 2. The van der Waals surface area contributed by atoms with Crippen LogP contribution in [0.5, 0.6) is 0 Å². The van der Waals surface area contributed by atoms with Crippen molar-refractivity contribution in [3.63, 3.8) is 0 Å². The molecule has 130 valence electrons. The number of hydrogen-bond donors (Lipinski definition) is 1. The van der Waals surface area contributed by atoms with Crippen LogP contribution in [0.15, 0.2) is 35.1 Å². The van der Waals surface area contributed by atoms with Crippen LogP contribution < -0.4 is 5.32 Å². The first-order chi connectivity index (χ1) is 10.3. The van der Waals surface area contributed by atoms with Crippen LogP contribution in [0.4, 0.5) is 14.6 Å². The molecule has 1 heterocycles. The van der Waals surface area contributed by atoms with Gasteiger partial charge < -0.3 is 5.32 Å². The van der Waals surface area contributed by atoms with Gasteiger partial charge in [-0.1, -0.05) is 20.4 Å². The molecular formula is C17H27F2N3O. The number of carbonyl (C=O) groups is 1. The first-order valence-corrected chi connectivity index (χ1v) is 7.09. The molecule has 0 fully saturated rings. The fraction of sp³-hybridized carbons (Fsp3) is 0.471. The molecule has 4 nitrogen and oxygen atoms in total. The summed E-state index contributed by atoms with van der Waals surface area (Å²) in [4.78, 5) is 19.8. The summed E-state index contributed by atoms with van der Waals surface area (Å²) in [7, 11) is 0. The molecular weight excluding hydrogens is 300 g/mol. The Morgan fingerprint density at radius 3 is 2.65 bits per heavy atom. The van der Waals surface area contributed by atoms with Gasteiger partial charge in [0.25, 0.3) is 5.92 Å². The third kappa shape index (κ3) is 7.13. The van der Waals surface area contributed by atoms with E-state index in [0.29, 0.717) is 23.6 Å². The maximum absolute atomic E-state index is 12.9. The molecule has 0 aliphatic heterocycles. The van der Waals surface area contributed by atoms with Crippen molar-refractivity contribution < 1.29 is 15.0 Å². The van der Waals surface area contributed by atoms with E-state index in [0.717, 1.165) is 12.5 Å². The lowest BCUT2D eigenvalue weighted by molar-refractivity contribution is -0.113. The second-order valence-corrected chi connectivity index (χ2v) is 5.00. The van der Waals surface area contributed by atoms with E-state index in [1.54, 1.807) is 25.1 Å². The summed E-state index contributed by atoms with van der Waals surface area (Å²) in [5.41, 5.74) is 1.83. The number of rotatable bonds is 7. The van der Waals surface area contributed by atoms with E-state index in [1.807, 2.05) is 6.92 Å². The van der Waals surface area contributed by atoms with Gasteiger partial charge in [-0.25, -0.2) is 18.8 Å². The van der Waals surface area contributed by atoms with Crippen LogP contribution in [0, 0.1) is 0 Å². The van der Waals surface area contributed by atoms with Crippen molar-refractivity contribution >= 4 is 17.3 Å². The molecule has 0 spiro atoms. The molecule has 0 aliphatic rings. The molecule has 1 aromatic rings. The maximum Gasteiger partial charge on any atom is 0.262 e. The fourth-order valence-corrected chi connectivity index (χ4v) is 1.79. The third-order valence-corrected chi connectivity index (χ3v) is 2.90. The van der Waals surface area contributed by atoms with Crippen LogP contribution in [-0.4, -0.2) is 28.9 Å². The first kappa shape index (κ1) is 20.9. The van der Waals surface area contributed by atoms with E-state index < -0.39 is 12.5 Å². The average molecular weight is 327 g/mol. The smallest absolute Gasteiger partial charge is 0.262 e. The van der Waals surface area contributed by atoms with Crippen molar-refractivity contribution in [1.29, 1.82) is 0 Å². The summed E-state index contributed by atoms with van der Waals surface area (Å²) in [6.07, 6.45) is 3.79. The van der Waals surface area contributed by atoms with Gasteiger partial charge in [0, 0.05) is 32.7 Å². The first-order valence-electron chi connectivity index (χ1n) is 7.09. The number of allylic oxidation sites excluding steroid dienone is 2. The number of carbonyl (C=O) groups excluding carboxylic acids is 1. The van der Waals surface area contributed by atoms with E-state index in [1.165, 1.54) is 13.1 Å². The van der Waals surface area contributed by atoms with Gasteiger partial charge >= 0.3 is 0 Å². The second-order valence-electron chi connectivity index (χ2n) is 5.00. The highest BCUT2D eigenvalue weighted by Crippen LogP contribution is 2.15. The average Bonchev–Trinajstić information content (AvgIpc) is 2.45. The molecule has 1 N–H and O–H groups in total. The van der Waals surface area contributed by atoms with Crippen LogP contribution in [0.25, 0.3) is 0 Å². The standard InChI is InChI=1S/C16H21F2N3O.CH4.H2/c1-5-13(11(3)22)21-14(6-2)12-7-8-19-15(9-12)20-10-16(4,17)18;;/h5,7-9H,6,10H2,1-4H3,(H,19,20);1H4;1H/b13-5-,21-14?;;. The van der Waals surface area contributed by atoms with E-state index in [-0.39, 0.29) is 14.6 Å². The molecule has 6 heteroatoms. The van der Waals surface area contributed by atoms with Gasteiger partial charge in [-0.2, -0.15) is 0 Å². The van der Waals surface area contributed by atoms with Gasteiger partial charge in [-0.3, -0.25) is 4.79 Å². The molecule has 23 heavy (non-hydrogen) atoms. The molecule has 0 aromatic carbocycles. The molecule has 0 saturated carbocycles.